The first-order chi connectivity index (χ1) is 9.00. The van der Waals surface area contributed by atoms with E-state index in [0.29, 0.717) is 6.61 Å². The van der Waals surface area contributed by atoms with Crippen LogP contribution in [0.4, 0.5) is 0 Å². The molecule has 0 radical (unpaired) electrons. The summed E-state index contributed by atoms with van der Waals surface area (Å²) in [7, 11) is -3.00. The first-order valence-corrected chi connectivity index (χ1v) is 8.11. The van der Waals surface area contributed by atoms with Gasteiger partial charge in [-0.15, -0.1) is 0 Å². The van der Waals surface area contributed by atoms with E-state index >= 15 is 0 Å². The second-order valence-corrected chi connectivity index (χ2v) is 6.59. The van der Waals surface area contributed by atoms with Crippen molar-refractivity contribution in [2.75, 3.05) is 12.4 Å². The van der Waals surface area contributed by atoms with Crippen LogP contribution in [-0.4, -0.2) is 26.8 Å². The summed E-state index contributed by atoms with van der Waals surface area (Å²) in [4.78, 5) is 0. The molecule has 104 valence electrons. The molecule has 4 nitrogen and oxygen atoms in total. The van der Waals surface area contributed by atoms with Crippen molar-refractivity contribution >= 4 is 9.84 Å². The molecule has 0 aromatic heterocycles. The molecule has 1 aromatic rings. The van der Waals surface area contributed by atoms with E-state index in [1.807, 2.05) is 38.1 Å². The molecule has 1 heterocycles. The van der Waals surface area contributed by atoms with E-state index in [4.69, 9.17) is 4.74 Å². The maximum Gasteiger partial charge on any atom is 0.173 e. The largest absolute Gasteiger partial charge is 0.494 e. The highest BCUT2D eigenvalue weighted by Crippen LogP contribution is 2.19. The van der Waals surface area contributed by atoms with Gasteiger partial charge in [-0.2, -0.15) is 0 Å². The summed E-state index contributed by atoms with van der Waals surface area (Å²) in [6, 6.07) is 7.84. The number of hydrogen-bond donors (Lipinski definition) is 1. The minimum atomic E-state index is -3.00. The molecule has 5 heteroatoms. The van der Waals surface area contributed by atoms with E-state index < -0.39 is 9.84 Å². The molecule has 1 aliphatic heterocycles. The number of benzene rings is 1. The predicted molar refractivity (Wildman–Crippen MR) is 75.9 cm³/mol. The minimum Gasteiger partial charge on any atom is -0.494 e. The van der Waals surface area contributed by atoms with Crippen molar-refractivity contribution in [2.45, 2.75) is 25.9 Å². The molecule has 2 rings (SSSR count). The molecule has 0 saturated carbocycles. The van der Waals surface area contributed by atoms with Crippen molar-refractivity contribution in [3.8, 4) is 5.75 Å². The number of sulfone groups is 1. The van der Waals surface area contributed by atoms with Gasteiger partial charge in [0.1, 0.15) is 5.75 Å². The van der Waals surface area contributed by atoms with Gasteiger partial charge >= 0.3 is 0 Å². The summed E-state index contributed by atoms with van der Waals surface area (Å²) in [5.74, 6) is 0.996. The van der Waals surface area contributed by atoms with Crippen molar-refractivity contribution in [3.63, 3.8) is 0 Å². The van der Waals surface area contributed by atoms with Crippen molar-refractivity contribution in [3.05, 3.63) is 41.3 Å². The molecule has 0 spiro atoms. The van der Waals surface area contributed by atoms with Gasteiger partial charge in [0.15, 0.2) is 9.84 Å². The first-order valence-electron chi connectivity index (χ1n) is 6.40. The standard InChI is InChI=1S/C14H19NO3S/c1-3-18-14-6-4-12(5-7-14)11(2)15-13-8-9-19(16,17)10-13/h4-9,11,13,15H,3,10H2,1-2H3. The highest BCUT2D eigenvalue weighted by atomic mass is 32.2. The fraction of sp³-hybridized carbons (Fsp3) is 0.429. The second-order valence-electron chi connectivity index (χ2n) is 4.65. The summed E-state index contributed by atoms with van der Waals surface area (Å²) in [5, 5.41) is 4.58. The average Bonchev–Trinajstić information content (AvgIpc) is 2.70. The Morgan fingerprint density at radius 1 is 1.37 bits per heavy atom. The van der Waals surface area contributed by atoms with Gasteiger partial charge in [-0.3, -0.25) is 0 Å². The number of hydrogen-bond acceptors (Lipinski definition) is 4. The molecule has 0 aliphatic carbocycles. The number of nitrogens with one attached hydrogen (secondary N) is 1. The molecule has 0 amide bonds. The Labute approximate surface area is 114 Å². The van der Waals surface area contributed by atoms with Gasteiger partial charge in [-0.1, -0.05) is 18.2 Å². The van der Waals surface area contributed by atoms with Crippen molar-refractivity contribution in [1.29, 1.82) is 0 Å². The van der Waals surface area contributed by atoms with Crippen LogP contribution >= 0.6 is 0 Å². The summed E-state index contributed by atoms with van der Waals surface area (Å²) in [5.41, 5.74) is 1.11. The molecule has 0 saturated heterocycles. The highest BCUT2D eigenvalue weighted by Gasteiger charge is 2.22. The molecule has 0 bridgehead atoms. The Bertz CT molecular complexity index is 549. The normalized spacial score (nSPS) is 22.3. The smallest absolute Gasteiger partial charge is 0.173 e. The van der Waals surface area contributed by atoms with Crippen LogP contribution in [0.1, 0.15) is 25.5 Å². The molecular weight excluding hydrogens is 262 g/mol. The maximum atomic E-state index is 11.3. The van der Waals surface area contributed by atoms with E-state index in [-0.39, 0.29) is 17.8 Å². The summed E-state index contributed by atoms with van der Waals surface area (Å²) < 4.78 is 28.1. The van der Waals surface area contributed by atoms with Crippen LogP contribution in [0.3, 0.4) is 0 Å². The van der Waals surface area contributed by atoms with Gasteiger partial charge in [0, 0.05) is 17.5 Å². The lowest BCUT2D eigenvalue weighted by Gasteiger charge is -2.18. The van der Waals surface area contributed by atoms with Crippen molar-refractivity contribution in [1.82, 2.24) is 5.32 Å². The summed E-state index contributed by atoms with van der Waals surface area (Å²) in [6.45, 7) is 4.62. The van der Waals surface area contributed by atoms with Crippen LogP contribution in [0.2, 0.25) is 0 Å². The Kier molecular flexibility index (Phi) is 4.27. The molecule has 1 aromatic carbocycles. The molecule has 1 N–H and O–H groups in total. The topological polar surface area (TPSA) is 55.4 Å². The fourth-order valence-electron chi connectivity index (χ4n) is 2.12. The van der Waals surface area contributed by atoms with Gasteiger partial charge in [0.25, 0.3) is 0 Å². The Hall–Kier alpha value is -1.33. The lowest BCUT2D eigenvalue weighted by atomic mass is 10.1. The van der Waals surface area contributed by atoms with Gasteiger partial charge in [0.2, 0.25) is 0 Å². The van der Waals surface area contributed by atoms with Crippen LogP contribution in [0.15, 0.2) is 35.7 Å². The van der Waals surface area contributed by atoms with E-state index in [9.17, 15) is 8.42 Å². The van der Waals surface area contributed by atoms with Gasteiger partial charge in [-0.05, 0) is 31.5 Å². The highest BCUT2D eigenvalue weighted by molar-refractivity contribution is 7.94. The molecular formula is C14H19NO3S. The molecule has 19 heavy (non-hydrogen) atoms. The first kappa shape index (κ1) is 14.1. The van der Waals surface area contributed by atoms with E-state index in [1.165, 1.54) is 5.41 Å². The van der Waals surface area contributed by atoms with Crippen molar-refractivity contribution in [2.24, 2.45) is 0 Å². The Balaban J connectivity index is 1.96. The van der Waals surface area contributed by atoms with Crippen molar-refractivity contribution < 1.29 is 13.2 Å². The second kappa shape index (κ2) is 5.75. The zero-order valence-corrected chi connectivity index (χ0v) is 12.0. The lowest BCUT2D eigenvalue weighted by Crippen LogP contribution is -2.32. The fourth-order valence-corrected chi connectivity index (χ4v) is 3.36. The van der Waals surface area contributed by atoms with Crippen LogP contribution in [0.25, 0.3) is 0 Å². The summed E-state index contributed by atoms with van der Waals surface area (Å²) >= 11 is 0. The van der Waals surface area contributed by atoms with Crippen LogP contribution in [-0.2, 0) is 9.84 Å². The van der Waals surface area contributed by atoms with Crippen LogP contribution < -0.4 is 10.1 Å². The predicted octanol–water partition coefficient (Wildman–Crippen LogP) is 2.05. The number of rotatable bonds is 5. The third-order valence-electron chi connectivity index (χ3n) is 3.09. The zero-order chi connectivity index (χ0) is 13.9. The molecule has 2 unspecified atom stereocenters. The third-order valence-corrected chi connectivity index (χ3v) is 4.48. The lowest BCUT2D eigenvalue weighted by molar-refractivity contribution is 0.340. The quantitative estimate of drug-likeness (QED) is 0.897. The van der Waals surface area contributed by atoms with Gasteiger partial charge in [-0.25, -0.2) is 8.42 Å². The maximum absolute atomic E-state index is 11.3. The minimum absolute atomic E-state index is 0.0960. The average molecular weight is 281 g/mol. The molecule has 2 atom stereocenters. The number of ether oxygens (including phenoxy) is 1. The van der Waals surface area contributed by atoms with E-state index in [0.717, 1.165) is 11.3 Å². The van der Waals surface area contributed by atoms with Gasteiger partial charge in [0.05, 0.1) is 12.4 Å². The molecule has 1 aliphatic rings. The van der Waals surface area contributed by atoms with Crippen LogP contribution in [0.5, 0.6) is 5.75 Å². The zero-order valence-electron chi connectivity index (χ0n) is 11.2. The Morgan fingerprint density at radius 3 is 2.58 bits per heavy atom. The third kappa shape index (κ3) is 3.81. The van der Waals surface area contributed by atoms with Crippen LogP contribution in [0, 0.1) is 0 Å². The molecule has 0 fully saturated rings. The van der Waals surface area contributed by atoms with Gasteiger partial charge < -0.3 is 10.1 Å². The monoisotopic (exact) mass is 281 g/mol. The SMILES string of the molecule is CCOc1ccc(C(C)NC2C=CS(=O)(=O)C2)cc1. The summed E-state index contributed by atoms with van der Waals surface area (Å²) in [6.07, 6.45) is 1.71. The van der Waals surface area contributed by atoms with E-state index in [2.05, 4.69) is 5.32 Å². The van der Waals surface area contributed by atoms with E-state index in [1.54, 1.807) is 6.08 Å². The Morgan fingerprint density at radius 2 is 2.05 bits per heavy atom.